The minimum Gasteiger partial charge on any atom is -0.495 e. The van der Waals surface area contributed by atoms with Gasteiger partial charge in [-0.05, 0) is 11.6 Å². The summed E-state index contributed by atoms with van der Waals surface area (Å²) in [7, 11) is 9.04. The van der Waals surface area contributed by atoms with Gasteiger partial charge < -0.3 is 24.7 Å². The van der Waals surface area contributed by atoms with Gasteiger partial charge in [-0.25, -0.2) is 19.9 Å². The van der Waals surface area contributed by atoms with Crippen LogP contribution >= 0.6 is 46.4 Å². The fraction of sp³-hybridized carbons (Fsp3) is 0.244. The summed E-state index contributed by atoms with van der Waals surface area (Å²) in [5.41, 5.74) is 10.2. The van der Waals surface area contributed by atoms with Gasteiger partial charge in [0.15, 0.2) is 0 Å². The molecule has 2 N–H and O–H groups in total. The highest BCUT2D eigenvalue weighted by Crippen LogP contribution is 2.42. The number of aromatic nitrogens is 4. The molecule has 0 radical (unpaired) electrons. The SMILES string of the molecule is C.COc1cc(OC)c(Cl)c(CC(=O)N(C)c2cc(Cc3ccccc3N)ncn2)c1Cl.COc1cc(OC)c(Cl)c(CC(=O)N(C)c2cc(Cc3ccccc3[N+](=O)[O-])ncn2)c1Cl. The highest BCUT2D eigenvalue weighted by atomic mass is 35.5. The summed E-state index contributed by atoms with van der Waals surface area (Å²) in [6.07, 6.45) is 3.26. The van der Waals surface area contributed by atoms with Crippen LogP contribution in [0.25, 0.3) is 0 Å². The lowest BCUT2D eigenvalue weighted by Crippen LogP contribution is -2.29. The second-order valence-electron chi connectivity index (χ2n) is 13.7. The van der Waals surface area contributed by atoms with Crippen molar-refractivity contribution < 1.29 is 33.5 Å². The average Bonchev–Trinajstić information content (AvgIpc) is 3.30. The second-order valence-corrected chi connectivity index (χ2v) is 15.2. The molecule has 2 amide bonds. The highest BCUT2D eigenvalue weighted by Gasteiger charge is 2.24. The number of hydrogen-bond acceptors (Lipinski definition) is 13. The summed E-state index contributed by atoms with van der Waals surface area (Å²) in [5, 5.41) is 12.2. The standard InChI is InChI=1S/C22H20Cl2N4O5.C22H22Cl2N4O3.CH4/c1-27(20(29)10-15-21(23)17(32-2)11-18(33-3)22(15)24)19-9-14(25-12-26-19)8-13-6-4-5-7-16(13)28(30)31;1-28(19-9-14(26-12-27-19)8-13-6-4-5-7-16(13)25)20(29)10-15-21(23)17(30-2)11-18(31-3)22(15)24;/h4-7,9,11-12H,8,10H2,1-3H3;4-7,9,11-12H,8,10,25H2,1-3H3;1H4. The molecule has 0 unspecified atom stereocenters. The smallest absolute Gasteiger partial charge is 0.272 e. The molecular formula is C45H46Cl4N8O8. The molecule has 16 nitrogen and oxygen atoms in total. The Morgan fingerprint density at radius 3 is 1.37 bits per heavy atom. The maximum atomic E-state index is 13.0. The van der Waals surface area contributed by atoms with E-state index in [1.54, 1.807) is 56.6 Å². The van der Waals surface area contributed by atoms with Crippen molar-refractivity contribution in [1.29, 1.82) is 0 Å². The third kappa shape index (κ3) is 12.4. The number of ether oxygens (including phenoxy) is 4. The lowest BCUT2D eigenvalue weighted by molar-refractivity contribution is -0.385. The van der Waals surface area contributed by atoms with Crippen molar-refractivity contribution in [2.45, 2.75) is 33.1 Å². The predicted molar refractivity (Wildman–Crippen MR) is 254 cm³/mol. The first-order valence-corrected chi connectivity index (χ1v) is 20.5. The Morgan fingerprint density at radius 2 is 0.985 bits per heavy atom. The lowest BCUT2D eigenvalue weighted by Gasteiger charge is -2.19. The number of nitrogens with two attached hydrogens (primary N) is 1. The van der Waals surface area contributed by atoms with Crippen molar-refractivity contribution in [3.63, 3.8) is 0 Å². The number of anilines is 3. The molecule has 6 aromatic rings. The van der Waals surface area contributed by atoms with Crippen LogP contribution in [-0.4, -0.2) is 79.2 Å². The van der Waals surface area contributed by atoms with Gasteiger partial charge in [-0.15, -0.1) is 0 Å². The molecule has 65 heavy (non-hydrogen) atoms. The van der Waals surface area contributed by atoms with E-state index >= 15 is 0 Å². The van der Waals surface area contributed by atoms with E-state index in [0.717, 1.165) is 11.3 Å². The van der Waals surface area contributed by atoms with Crippen LogP contribution in [0.3, 0.4) is 0 Å². The minimum atomic E-state index is -0.441. The Kier molecular flexibility index (Phi) is 18.5. The molecule has 0 saturated carbocycles. The summed E-state index contributed by atoms with van der Waals surface area (Å²) in [5.74, 6) is 1.58. The third-order valence-electron chi connectivity index (χ3n) is 9.83. The highest BCUT2D eigenvalue weighted by molar-refractivity contribution is 6.39. The summed E-state index contributed by atoms with van der Waals surface area (Å²) < 4.78 is 21.0. The molecule has 342 valence electrons. The number of carbonyl (C=O) groups is 2. The van der Waals surface area contributed by atoms with Crippen molar-refractivity contribution in [3.05, 3.63) is 149 Å². The number of amides is 2. The minimum absolute atomic E-state index is 0. The number of hydrogen-bond donors (Lipinski definition) is 1. The van der Waals surface area contributed by atoms with Crippen LogP contribution in [0.2, 0.25) is 20.1 Å². The number of nitro benzene ring substituents is 1. The van der Waals surface area contributed by atoms with Crippen LogP contribution in [0.5, 0.6) is 23.0 Å². The van der Waals surface area contributed by atoms with Gasteiger partial charge in [0.2, 0.25) is 11.8 Å². The van der Waals surface area contributed by atoms with Gasteiger partial charge in [0.25, 0.3) is 5.69 Å². The Morgan fingerprint density at radius 1 is 0.615 bits per heavy atom. The van der Waals surface area contributed by atoms with Crippen LogP contribution in [0.15, 0.2) is 85.5 Å². The van der Waals surface area contributed by atoms with Crippen molar-refractivity contribution in [2.24, 2.45) is 0 Å². The molecule has 0 aliphatic rings. The fourth-order valence-electron chi connectivity index (χ4n) is 6.23. The van der Waals surface area contributed by atoms with E-state index in [9.17, 15) is 19.7 Å². The predicted octanol–water partition coefficient (Wildman–Crippen LogP) is 9.32. The van der Waals surface area contributed by atoms with Gasteiger partial charge >= 0.3 is 0 Å². The zero-order chi connectivity index (χ0) is 46.7. The van der Waals surface area contributed by atoms with Crippen LogP contribution < -0.4 is 34.5 Å². The number of nitro groups is 1. The summed E-state index contributed by atoms with van der Waals surface area (Å²) in [6.45, 7) is 0. The molecule has 0 fully saturated rings. The van der Waals surface area contributed by atoms with E-state index in [4.69, 9.17) is 71.1 Å². The molecule has 2 aromatic heterocycles. The van der Waals surface area contributed by atoms with Gasteiger partial charge in [0.05, 0.1) is 77.7 Å². The van der Waals surface area contributed by atoms with Gasteiger partial charge in [0.1, 0.15) is 47.3 Å². The second kappa shape index (κ2) is 23.5. The van der Waals surface area contributed by atoms with Crippen LogP contribution in [-0.2, 0) is 35.3 Å². The van der Waals surface area contributed by atoms with Crippen LogP contribution in [0.4, 0.5) is 23.0 Å². The quantitative estimate of drug-likeness (QED) is 0.0581. The van der Waals surface area contributed by atoms with Crippen molar-refractivity contribution in [1.82, 2.24) is 19.9 Å². The topological polar surface area (TPSA) is 198 Å². The third-order valence-corrected chi connectivity index (χ3v) is 11.5. The van der Waals surface area contributed by atoms with E-state index in [0.29, 0.717) is 69.1 Å². The maximum Gasteiger partial charge on any atom is 0.272 e. The maximum absolute atomic E-state index is 13.0. The van der Waals surface area contributed by atoms with E-state index in [-0.39, 0.29) is 64.3 Å². The van der Waals surface area contributed by atoms with Gasteiger partial charge in [-0.3, -0.25) is 29.5 Å². The first-order valence-electron chi connectivity index (χ1n) is 19.0. The zero-order valence-electron chi connectivity index (χ0n) is 35.4. The molecule has 6 rings (SSSR count). The number of likely N-dealkylation sites (N-methyl/N-ethyl adjacent to an activating group) is 2. The van der Waals surface area contributed by atoms with Gasteiger partial charge in [0, 0.05) is 79.6 Å². The zero-order valence-corrected chi connectivity index (χ0v) is 38.4. The first kappa shape index (κ1) is 51.2. The van der Waals surface area contributed by atoms with Gasteiger partial charge in [-0.2, -0.15) is 0 Å². The van der Waals surface area contributed by atoms with Crippen LogP contribution in [0, 0.1) is 10.1 Å². The van der Waals surface area contributed by atoms with Crippen molar-refractivity contribution in [3.8, 4) is 23.0 Å². The van der Waals surface area contributed by atoms with Crippen LogP contribution in [0.1, 0.15) is 41.1 Å². The molecule has 0 bridgehead atoms. The fourth-order valence-corrected chi connectivity index (χ4v) is 7.50. The molecule has 4 aromatic carbocycles. The molecule has 0 spiro atoms. The number of halogens is 4. The van der Waals surface area contributed by atoms with Crippen molar-refractivity contribution >= 4 is 81.2 Å². The van der Waals surface area contributed by atoms with E-state index in [2.05, 4.69) is 19.9 Å². The van der Waals surface area contributed by atoms with E-state index < -0.39 is 4.92 Å². The van der Waals surface area contributed by atoms with Crippen molar-refractivity contribution in [2.75, 3.05) is 58.1 Å². The molecule has 20 heteroatoms. The molecule has 2 heterocycles. The number of carbonyl (C=O) groups excluding carboxylic acids is 2. The largest absolute Gasteiger partial charge is 0.495 e. The summed E-state index contributed by atoms with van der Waals surface area (Å²) in [6, 6.07) is 20.5. The molecule has 0 aliphatic heterocycles. The normalized spacial score (nSPS) is 10.4. The Balaban J connectivity index is 0.000000281. The monoisotopic (exact) mass is 966 g/mol. The first-order chi connectivity index (χ1) is 30.6. The number of benzene rings is 4. The number of rotatable bonds is 15. The summed E-state index contributed by atoms with van der Waals surface area (Å²) >= 11 is 25.5. The molecule has 0 aliphatic carbocycles. The van der Waals surface area contributed by atoms with E-state index in [1.165, 1.54) is 57.0 Å². The number of nitrogens with zero attached hydrogens (tertiary/aromatic N) is 7. The number of methoxy groups -OCH3 is 4. The van der Waals surface area contributed by atoms with E-state index in [1.807, 2.05) is 24.3 Å². The number of nitrogen functional groups attached to an aromatic ring is 1. The Labute approximate surface area is 396 Å². The lowest BCUT2D eigenvalue weighted by atomic mass is 10.1. The Hall–Kier alpha value is -6.46. The number of para-hydroxylation sites is 2. The average molecular weight is 969 g/mol. The Bertz CT molecular complexity index is 2620. The molecule has 0 saturated heterocycles. The summed E-state index contributed by atoms with van der Waals surface area (Å²) in [4.78, 5) is 56.5. The van der Waals surface area contributed by atoms with Gasteiger partial charge in [-0.1, -0.05) is 90.2 Å². The molecule has 0 atom stereocenters. The molecular weight excluding hydrogens is 922 g/mol.